The number of rotatable bonds is 8. The number of amides is 1. The van der Waals surface area contributed by atoms with Crippen molar-refractivity contribution >= 4 is 5.91 Å². The fourth-order valence-corrected chi connectivity index (χ4v) is 1.74. The molecule has 0 aromatic heterocycles. The van der Waals surface area contributed by atoms with Crippen LogP contribution in [0.25, 0.3) is 0 Å². The summed E-state index contributed by atoms with van der Waals surface area (Å²) in [6.45, 7) is 3.50. The predicted molar refractivity (Wildman–Crippen MR) is 72.3 cm³/mol. The molecule has 4 heteroatoms. The van der Waals surface area contributed by atoms with E-state index < -0.39 is 0 Å². The summed E-state index contributed by atoms with van der Waals surface area (Å²) < 4.78 is 0. The maximum absolute atomic E-state index is 11.6. The van der Waals surface area contributed by atoms with Crippen molar-refractivity contribution in [3.63, 3.8) is 0 Å². The molecular formula is C14H22N2O2. The number of carbonyl (C=O) groups is 1. The fourth-order valence-electron chi connectivity index (χ4n) is 1.74. The second kappa shape index (κ2) is 8.66. The first-order valence-electron chi connectivity index (χ1n) is 6.41. The van der Waals surface area contributed by atoms with Crippen molar-refractivity contribution in [1.29, 1.82) is 0 Å². The van der Waals surface area contributed by atoms with Gasteiger partial charge in [0.2, 0.25) is 5.91 Å². The molecule has 1 aromatic carbocycles. The van der Waals surface area contributed by atoms with E-state index in [2.05, 4.69) is 10.6 Å². The van der Waals surface area contributed by atoms with Gasteiger partial charge in [0, 0.05) is 13.0 Å². The van der Waals surface area contributed by atoms with Crippen molar-refractivity contribution in [2.24, 2.45) is 0 Å². The lowest BCUT2D eigenvalue weighted by Gasteiger charge is -2.16. The summed E-state index contributed by atoms with van der Waals surface area (Å²) in [5.74, 6) is -0.0223. The molecule has 1 atom stereocenters. The zero-order valence-electron chi connectivity index (χ0n) is 10.9. The normalized spacial score (nSPS) is 12.1. The number of nitrogens with one attached hydrogen (secondary N) is 2. The van der Waals surface area contributed by atoms with Gasteiger partial charge in [-0.2, -0.15) is 0 Å². The molecule has 0 spiro atoms. The van der Waals surface area contributed by atoms with Crippen LogP contribution in [-0.4, -0.2) is 36.8 Å². The molecule has 1 aromatic rings. The zero-order valence-corrected chi connectivity index (χ0v) is 10.9. The highest BCUT2D eigenvalue weighted by Crippen LogP contribution is 2.03. The minimum atomic E-state index is -0.207. The highest BCUT2D eigenvalue weighted by atomic mass is 16.3. The molecule has 0 heterocycles. The monoisotopic (exact) mass is 250 g/mol. The number of hydrogen-bond donors (Lipinski definition) is 3. The molecule has 0 aliphatic heterocycles. The van der Waals surface area contributed by atoms with Crippen LogP contribution in [0.4, 0.5) is 0 Å². The third-order valence-corrected chi connectivity index (χ3v) is 2.69. The third-order valence-electron chi connectivity index (χ3n) is 2.69. The summed E-state index contributed by atoms with van der Waals surface area (Å²) in [7, 11) is 0. The largest absolute Gasteiger partial charge is 0.394 e. The van der Waals surface area contributed by atoms with Crippen LogP contribution in [0.15, 0.2) is 30.3 Å². The van der Waals surface area contributed by atoms with E-state index in [1.807, 2.05) is 37.3 Å². The highest BCUT2D eigenvalue weighted by Gasteiger charge is 2.11. The summed E-state index contributed by atoms with van der Waals surface area (Å²) in [6.07, 6.45) is 1.10. The number of benzene rings is 1. The van der Waals surface area contributed by atoms with Crippen molar-refractivity contribution < 1.29 is 9.90 Å². The van der Waals surface area contributed by atoms with E-state index in [1.165, 1.54) is 0 Å². The second-order valence-electron chi connectivity index (χ2n) is 4.24. The molecule has 18 heavy (non-hydrogen) atoms. The Bertz CT molecular complexity index is 341. The first kappa shape index (κ1) is 14.7. The van der Waals surface area contributed by atoms with Crippen LogP contribution < -0.4 is 10.6 Å². The Morgan fingerprint density at radius 3 is 2.67 bits per heavy atom. The van der Waals surface area contributed by atoms with Gasteiger partial charge in [0.05, 0.1) is 12.6 Å². The van der Waals surface area contributed by atoms with Gasteiger partial charge in [-0.25, -0.2) is 0 Å². The molecule has 0 unspecified atom stereocenters. The van der Waals surface area contributed by atoms with Crippen molar-refractivity contribution in [2.75, 3.05) is 19.7 Å². The Labute approximate surface area is 108 Å². The van der Waals surface area contributed by atoms with Gasteiger partial charge in [-0.3, -0.25) is 4.79 Å². The lowest BCUT2D eigenvalue weighted by atomic mass is 10.1. The van der Waals surface area contributed by atoms with Crippen LogP contribution in [0.1, 0.15) is 18.9 Å². The summed E-state index contributed by atoms with van der Waals surface area (Å²) in [5, 5.41) is 15.2. The second-order valence-corrected chi connectivity index (χ2v) is 4.24. The van der Waals surface area contributed by atoms with E-state index in [0.29, 0.717) is 19.4 Å². The van der Waals surface area contributed by atoms with Crippen LogP contribution in [0.3, 0.4) is 0 Å². The summed E-state index contributed by atoms with van der Waals surface area (Å²) in [4.78, 5) is 11.6. The van der Waals surface area contributed by atoms with Gasteiger partial charge in [-0.15, -0.1) is 0 Å². The lowest BCUT2D eigenvalue weighted by molar-refractivity contribution is -0.122. The summed E-state index contributed by atoms with van der Waals surface area (Å²) in [5.41, 5.74) is 1.11. The summed E-state index contributed by atoms with van der Waals surface area (Å²) >= 11 is 0. The van der Waals surface area contributed by atoms with Gasteiger partial charge in [-0.05, 0) is 18.5 Å². The van der Waals surface area contributed by atoms with Gasteiger partial charge >= 0.3 is 0 Å². The Morgan fingerprint density at radius 2 is 2.06 bits per heavy atom. The zero-order chi connectivity index (χ0) is 13.2. The van der Waals surface area contributed by atoms with Crippen molar-refractivity contribution in [3.05, 3.63) is 35.9 Å². The minimum absolute atomic E-state index is 0.0223. The quantitative estimate of drug-likeness (QED) is 0.595. The molecule has 4 nitrogen and oxygen atoms in total. The van der Waals surface area contributed by atoms with Crippen molar-refractivity contribution in [3.8, 4) is 0 Å². The molecule has 0 saturated heterocycles. The van der Waals surface area contributed by atoms with Crippen LogP contribution in [0.2, 0.25) is 0 Å². The molecule has 1 rings (SSSR count). The van der Waals surface area contributed by atoms with Gasteiger partial charge in [0.1, 0.15) is 0 Å². The maximum Gasteiger partial charge on any atom is 0.221 e. The maximum atomic E-state index is 11.6. The molecule has 100 valence electrons. The first-order valence-corrected chi connectivity index (χ1v) is 6.41. The topological polar surface area (TPSA) is 61.4 Å². The number of aliphatic hydroxyl groups is 1. The van der Waals surface area contributed by atoms with E-state index in [9.17, 15) is 9.90 Å². The minimum Gasteiger partial charge on any atom is -0.394 e. The van der Waals surface area contributed by atoms with Crippen molar-refractivity contribution in [1.82, 2.24) is 10.6 Å². The Balaban J connectivity index is 2.35. The Kier molecular flexibility index (Phi) is 7.06. The van der Waals surface area contributed by atoms with E-state index >= 15 is 0 Å². The fraction of sp³-hybridized carbons (Fsp3) is 0.500. The molecule has 0 bridgehead atoms. The van der Waals surface area contributed by atoms with Gasteiger partial charge in [0.15, 0.2) is 0 Å². The van der Waals surface area contributed by atoms with Crippen LogP contribution >= 0.6 is 0 Å². The van der Waals surface area contributed by atoms with E-state index in [4.69, 9.17) is 0 Å². The van der Waals surface area contributed by atoms with Gasteiger partial charge in [-0.1, -0.05) is 37.3 Å². The standard InChI is InChI=1S/C14H22N2O2/c1-2-15-9-8-14(18)16-13(11-17)10-12-6-4-3-5-7-12/h3-7,13,15,17H,2,8-11H2,1H3,(H,16,18)/t13-/m0/s1. The van der Waals surface area contributed by atoms with Crippen LogP contribution in [0, 0.1) is 0 Å². The van der Waals surface area contributed by atoms with E-state index in [0.717, 1.165) is 12.1 Å². The number of aliphatic hydroxyl groups excluding tert-OH is 1. The first-order chi connectivity index (χ1) is 8.76. The predicted octanol–water partition coefficient (Wildman–Crippen LogP) is 0.706. The highest BCUT2D eigenvalue weighted by molar-refractivity contribution is 5.76. The molecule has 1 amide bonds. The Hall–Kier alpha value is -1.39. The smallest absolute Gasteiger partial charge is 0.221 e. The van der Waals surface area contributed by atoms with Crippen molar-refractivity contribution in [2.45, 2.75) is 25.8 Å². The average molecular weight is 250 g/mol. The van der Waals surface area contributed by atoms with Gasteiger partial charge in [0.25, 0.3) is 0 Å². The van der Waals surface area contributed by atoms with Crippen LogP contribution in [-0.2, 0) is 11.2 Å². The van der Waals surface area contributed by atoms with Crippen LogP contribution in [0.5, 0.6) is 0 Å². The Morgan fingerprint density at radius 1 is 1.33 bits per heavy atom. The molecule has 0 aliphatic carbocycles. The number of hydrogen-bond acceptors (Lipinski definition) is 3. The SMILES string of the molecule is CCNCCC(=O)N[C@H](CO)Cc1ccccc1. The molecule has 3 N–H and O–H groups in total. The summed E-state index contributed by atoms with van der Waals surface area (Å²) in [6, 6.07) is 9.64. The molecule has 0 aliphatic rings. The lowest BCUT2D eigenvalue weighted by Crippen LogP contribution is -2.40. The van der Waals surface area contributed by atoms with Gasteiger partial charge < -0.3 is 15.7 Å². The third kappa shape index (κ3) is 5.80. The molecular weight excluding hydrogens is 228 g/mol. The average Bonchev–Trinajstić information content (AvgIpc) is 2.39. The molecule has 0 fully saturated rings. The van der Waals surface area contributed by atoms with E-state index in [1.54, 1.807) is 0 Å². The van der Waals surface area contributed by atoms with E-state index in [-0.39, 0.29) is 18.6 Å². The molecule has 0 saturated carbocycles. The number of carbonyl (C=O) groups excluding carboxylic acids is 1. The molecule has 0 radical (unpaired) electrons.